The van der Waals surface area contributed by atoms with Crippen LogP contribution in [0.15, 0.2) is 106 Å². The Kier molecular flexibility index (Phi) is 4.07. The van der Waals surface area contributed by atoms with Gasteiger partial charge in [-0.3, -0.25) is 0 Å². The molecular weight excluding hydrogens is 348 g/mol. The molecule has 0 bridgehead atoms. The second-order valence-electron chi connectivity index (χ2n) is 6.46. The first kappa shape index (κ1) is 16.3. The molecule has 134 valence electrons. The van der Waals surface area contributed by atoms with Crippen LogP contribution in [0, 0.1) is 0 Å². The summed E-state index contributed by atoms with van der Waals surface area (Å²) in [6, 6.07) is 31.8. The summed E-state index contributed by atoms with van der Waals surface area (Å²) in [5.74, 6) is 1.51. The van der Waals surface area contributed by atoms with Crippen LogP contribution < -0.4 is 0 Å². The van der Waals surface area contributed by atoms with E-state index in [1.807, 2.05) is 97.1 Å². The summed E-state index contributed by atoms with van der Waals surface area (Å²) < 4.78 is 11.0. The van der Waals surface area contributed by atoms with Crippen molar-refractivity contribution in [3.8, 4) is 45.2 Å². The Balaban J connectivity index is 1.40. The topological polar surface area (TPSA) is 52.1 Å². The lowest BCUT2D eigenvalue weighted by Gasteiger charge is -1.98. The van der Waals surface area contributed by atoms with Gasteiger partial charge in [-0.2, -0.15) is 0 Å². The van der Waals surface area contributed by atoms with Crippen LogP contribution in [-0.4, -0.2) is 10.3 Å². The molecule has 0 aliphatic carbocycles. The van der Waals surface area contributed by atoms with Gasteiger partial charge < -0.3 is 9.05 Å². The lowest BCUT2D eigenvalue weighted by atomic mass is 10.1. The van der Waals surface area contributed by atoms with Crippen LogP contribution in [0.2, 0.25) is 0 Å². The van der Waals surface area contributed by atoms with Crippen molar-refractivity contribution in [3.05, 3.63) is 97.1 Å². The van der Waals surface area contributed by atoms with E-state index in [9.17, 15) is 0 Å². The zero-order chi connectivity index (χ0) is 18.8. The first-order valence-corrected chi connectivity index (χ1v) is 9.02. The molecule has 0 radical (unpaired) electrons. The zero-order valence-electron chi connectivity index (χ0n) is 14.9. The number of nitrogens with zero attached hydrogens (tertiary/aromatic N) is 2. The second kappa shape index (κ2) is 7.00. The van der Waals surface area contributed by atoms with E-state index in [4.69, 9.17) is 9.05 Å². The molecule has 2 aromatic heterocycles. The normalized spacial score (nSPS) is 10.9. The molecule has 0 saturated heterocycles. The average Bonchev–Trinajstić information content (AvgIpc) is 3.46. The van der Waals surface area contributed by atoms with Gasteiger partial charge in [0, 0.05) is 34.4 Å². The average molecular weight is 364 g/mol. The summed E-state index contributed by atoms with van der Waals surface area (Å²) in [6.07, 6.45) is 0. The first-order valence-electron chi connectivity index (χ1n) is 9.02. The van der Waals surface area contributed by atoms with E-state index in [0.29, 0.717) is 0 Å². The van der Waals surface area contributed by atoms with E-state index < -0.39 is 0 Å². The van der Waals surface area contributed by atoms with Gasteiger partial charge in [-0.05, 0) is 0 Å². The molecule has 5 aromatic rings. The fourth-order valence-electron chi connectivity index (χ4n) is 3.11. The van der Waals surface area contributed by atoms with Crippen LogP contribution in [-0.2, 0) is 0 Å². The Labute approximate surface area is 162 Å². The van der Waals surface area contributed by atoms with Crippen LogP contribution >= 0.6 is 0 Å². The van der Waals surface area contributed by atoms with Gasteiger partial charge in [-0.15, -0.1) is 0 Å². The van der Waals surface area contributed by atoms with Gasteiger partial charge in [0.1, 0.15) is 11.4 Å². The van der Waals surface area contributed by atoms with Crippen molar-refractivity contribution in [2.75, 3.05) is 0 Å². The minimum absolute atomic E-state index is 0.753. The molecule has 0 fully saturated rings. The number of aromatic nitrogens is 2. The quantitative estimate of drug-likeness (QED) is 0.374. The van der Waals surface area contributed by atoms with Crippen LogP contribution in [0.25, 0.3) is 45.2 Å². The third-order valence-electron chi connectivity index (χ3n) is 4.61. The summed E-state index contributed by atoms with van der Waals surface area (Å²) in [6.45, 7) is 0. The Morgan fingerprint density at radius 2 is 0.821 bits per heavy atom. The molecule has 0 unspecified atom stereocenters. The highest BCUT2D eigenvalue weighted by Gasteiger charge is 2.11. The molecule has 0 amide bonds. The van der Waals surface area contributed by atoms with Crippen molar-refractivity contribution >= 4 is 0 Å². The number of hydrogen-bond acceptors (Lipinski definition) is 4. The molecule has 4 heteroatoms. The smallest absolute Gasteiger partial charge is 0.167 e. The molecule has 2 heterocycles. The van der Waals surface area contributed by atoms with E-state index in [-0.39, 0.29) is 0 Å². The summed E-state index contributed by atoms with van der Waals surface area (Å²) in [7, 11) is 0. The maximum absolute atomic E-state index is 5.49. The third-order valence-corrected chi connectivity index (χ3v) is 4.61. The molecule has 0 atom stereocenters. The number of benzene rings is 3. The van der Waals surface area contributed by atoms with Gasteiger partial charge >= 0.3 is 0 Å². The Bertz CT molecular complexity index is 1090. The summed E-state index contributed by atoms with van der Waals surface area (Å²) in [5.41, 5.74) is 5.59. The van der Waals surface area contributed by atoms with Crippen molar-refractivity contribution in [2.45, 2.75) is 0 Å². The van der Waals surface area contributed by atoms with Crippen LogP contribution in [0.5, 0.6) is 0 Å². The molecule has 3 aromatic carbocycles. The van der Waals surface area contributed by atoms with Crippen LogP contribution in [0.3, 0.4) is 0 Å². The molecule has 4 nitrogen and oxygen atoms in total. The number of hydrogen-bond donors (Lipinski definition) is 0. The number of rotatable bonds is 4. The fraction of sp³-hybridized carbons (Fsp3) is 0. The molecule has 0 saturated carbocycles. The van der Waals surface area contributed by atoms with E-state index in [0.717, 1.165) is 45.2 Å². The van der Waals surface area contributed by atoms with Crippen molar-refractivity contribution in [1.82, 2.24) is 10.3 Å². The van der Waals surface area contributed by atoms with E-state index in [1.54, 1.807) is 0 Å². The maximum Gasteiger partial charge on any atom is 0.167 e. The van der Waals surface area contributed by atoms with Crippen molar-refractivity contribution in [1.29, 1.82) is 0 Å². The summed E-state index contributed by atoms with van der Waals surface area (Å²) >= 11 is 0. The lowest BCUT2D eigenvalue weighted by Crippen LogP contribution is -1.80. The summed E-state index contributed by atoms with van der Waals surface area (Å²) in [4.78, 5) is 0. The highest BCUT2D eigenvalue weighted by Crippen LogP contribution is 2.29. The molecule has 28 heavy (non-hydrogen) atoms. The predicted octanol–water partition coefficient (Wildman–Crippen LogP) is 6.33. The Morgan fingerprint density at radius 1 is 0.429 bits per heavy atom. The highest BCUT2D eigenvalue weighted by molar-refractivity contribution is 5.71. The zero-order valence-corrected chi connectivity index (χ0v) is 14.9. The monoisotopic (exact) mass is 364 g/mol. The van der Waals surface area contributed by atoms with Gasteiger partial charge in [0.25, 0.3) is 0 Å². The van der Waals surface area contributed by atoms with Gasteiger partial charge in [-0.25, -0.2) is 0 Å². The second-order valence-corrected chi connectivity index (χ2v) is 6.46. The van der Waals surface area contributed by atoms with Gasteiger partial charge in [0.15, 0.2) is 11.5 Å². The minimum Gasteiger partial charge on any atom is -0.356 e. The van der Waals surface area contributed by atoms with E-state index in [1.165, 1.54) is 0 Å². The Hall–Kier alpha value is -3.92. The SMILES string of the molecule is c1ccc(-c2cc(-c3ccc(-c4cc(-c5ccccc5)on4)cc3)no2)cc1. The van der Waals surface area contributed by atoms with E-state index >= 15 is 0 Å². The maximum atomic E-state index is 5.49. The van der Waals surface area contributed by atoms with Crippen molar-refractivity contribution in [2.24, 2.45) is 0 Å². The standard InChI is InChI=1S/C24H16N2O2/c1-3-7-19(8-4-1)23-15-21(25-27-23)17-11-13-18(14-12-17)22-16-24(28-26-22)20-9-5-2-6-10-20/h1-16H. The molecule has 0 aliphatic heterocycles. The van der Waals surface area contributed by atoms with Crippen LogP contribution in [0.4, 0.5) is 0 Å². The van der Waals surface area contributed by atoms with Gasteiger partial charge in [-0.1, -0.05) is 95.2 Å². The molecule has 0 spiro atoms. The molecule has 0 aliphatic rings. The van der Waals surface area contributed by atoms with Crippen molar-refractivity contribution < 1.29 is 9.05 Å². The minimum atomic E-state index is 0.753. The largest absolute Gasteiger partial charge is 0.356 e. The first-order chi connectivity index (χ1) is 13.9. The molecule has 0 N–H and O–H groups in total. The highest BCUT2D eigenvalue weighted by atomic mass is 16.5. The van der Waals surface area contributed by atoms with Crippen LogP contribution in [0.1, 0.15) is 0 Å². The Morgan fingerprint density at radius 3 is 1.21 bits per heavy atom. The van der Waals surface area contributed by atoms with Crippen molar-refractivity contribution in [3.63, 3.8) is 0 Å². The summed E-state index contributed by atoms with van der Waals surface area (Å²) in [5, 5.41) is 8.40. The predicted molar refractivity (Wildman–Crippen MR) is 108 cm³/mol. The molecule has 5 rings (SSSR count). The molecular formula is C24H16N2O2. The van der Waals surface area contributed by atoms with Gasteiger partial charge in [0.05, 0.1) is 0 Å². The van der Waals surface area contributed by atoms with Gasteiger partial charge in [0.2, 0.25) is 0 Å². The third kappa shape index (κ3) is 3.12. The lowest BCUT2D eigenvalue weighted by molar-refractivity contribution is 0.434. The van der Waals surface area contributed by atoms with E-state index in [2.05, 4.69) is 10.3 Å². The fourth-order valence-corrected chi connectivity index (χ4v) is 3.11.